The van der Waals surface area contributed by atoms with Gasteiger partial charge in [0.05, 0.1) is 0 Å². The molecular weight excluding hydrogens is 291 g/mol. The minimum Gasteiger partial charge on any atom is -0.279 e. The van der Waals surface area contributed by atoms with Gasteiger partial charge in [-0.15, -0.1) is 4.08 Å². The number of para-hydroxylation sites is 1. The Bertz CT molecular complexity index is 541. The summed E-state index contributed by atoms with van der Waals surface area (Å²) in [6, 6.07) is 8.08. The largest absolute Gasteiger partial charge is 0.307 e. The van der Waals surface area contributed by atoms with Gasteiger partial charge in [0.2, 0.25) is 0 Å². The molecule has 0 fully saturated rings. The van der Waals surface area contributed by atoms with Crippen LogP contribution in [0.15, 0.2) is 30.3 Å². The van der Waals surface area contributed by atoms with E-state index in [9.17, 15) is 8.42 Å². The predicted molar refractivity (Wildman–Crippen MR) is 78.6 cm³/mol. The average Bonchev–Trinajstić information content (AvgIpc) is 2.13. The van der Waals surface area contributed by atoms with Crippen molar-refractivity contribution in [3.63, 3.8) is 0 Å². The van der Waals surface area contributed by atoms with E-state index in [1.807, 2.05) is 0 Å². The minimum absolute atomic E-state index is 0.410. The first-order valence-electron chi connectivity index (χ1n) is 5.19. The lowest BCUT2D eigenvalue weighted by molar-refractivity contribution is 0.497. The molecule has 0 saturated heterocycles. The van der Waals surface area contributed by atoms with Crippen LogP contribution < -0.4 is 15.7 Å². The molecule has 6 nitrogen and oxygen atoms in total. The quantitative estimate of drug-likeness (QED) is 0.709. The van der Waals surface area contributed by atoms with E-state index in [0.29, 0.717) is 5.69 Å². The topological polar surface area (TPSA) is 101 Å². The van der Waals surface area contributed by atoms with Crippen molar-refractivity contribution in [2.45, 2.75) is 19.9 Å². The second kappa shape index (κ2) is 5.64. The molecule has 9 heteroatoms. The van der Waals surface area contributed by atoms with Gasteiger partial charge in [-0.25, -0.2) is 0 Å². The molecule has 1 rings (SSSR count). The number of nitrogens with two attached hydrogens (primary N) is 2. The van der Waals surface area contributed by atoms with Crippen LogP contribution in [0.25, 0.3) is 0 Å². The fourth-order valence-electron chi connectivity index (χ4n) is 1.51. The van der Waals surface area contributed by atoms with Gasteiger partial charge >= 0.3 is 10.2 Å². The molecule has 5 N–H and O–H groups in total. The molecule has 18 heavy (non-hydrogen) atoms. The minimum atomic E-state index is -3.85. The summed E-state index contributed by atoms with van der Waals surface area (Å²) < 4.78 is 27.8. The number of anilines is 1. The van der Waals surface area contributed by atoms with Crippen molar-refractivity contribution >= 4 is 34.2 Å². The van der Waals surface area contributed by atoms with Crippen molar-refractivity contribution < 1.29 is 8.42 Å². The molecule has 0 aliphatic rings. The van der Waals surface area contributed by atoms with Crippen LogP contribution in [0, 0.1) is 0 Å². The van der Waals surface area contributed by atoms with E-state index in [1.165, 1.54) is 0 Å². The van der Waals surface area contributed by atoms with E-state index in [1.54, 1.807) is 44.2 Å². The lowest BCUT2D eigenvalue weighted by Gasteiger charge is -2.31. The fourth-order valence-corrected chi connectivity index (χ4v) is 6.13. The van der Waals surface area contributed by atoms with Gasteiger partial charge < -0.3 is 0 Å². The van der Waals surface area contributed by atoms with Crippen LogP contribution in [0.1, 0.15) is 13.8 Å². The molecule has 1 aromatic carbocycles. The highest BCUT2D eigenvalue weighted by Gasteiger charge is 2.32. The van der Waals surface area contributed by atoms with E-state index < -0.39 is 22.7 Å². The maximum Gasteiger partial charge on any atom is 0.307 e. The third-order valence-corrected chi connectivity index (χ3v) is 6.80. The van der Waals surface area contributed by atoms with Crippen LogP contribution in [-0.2, 0) is 22.0 Å². The highest BCUT2D eigenvalue weighted by Crippen LogP contribution is 2.37. The number of rotatable bonds is 5. The molecule has 0 radical (unpaired) electrons. The van der Waals surface area contributed by atoms with E-state index in [2.05, 4.69) is 4.72 Å². The Kier molecular flexibility index (Phi) is 4.88. The van der Waals surface area contributed by atoms with Gasteiger partial charge in [-0.1, -0.05) is 18.2 Å². The third-order valence-electron chi connectivity index (χ3n) is 2.02. The summed E-state index contributed by atoms with van der Waals surface area (Å²) in [4.78, 5) is 0. The summed E-state index contributed by atoms with van der Waals surface area (Å²) in [5.41, 5.74) is 11.7. The van der Waals surface area contributed by atoms with Gasteiger partial charge in [0.15, 0.2) is 0 Å². The first-order chi connectivity index (χ1) is 8.14. The lowest BCUT2D eigenvalue weighted by atomic mass is 10.3. The Morgan fingerprint density at radius 2 is 1.78 bits per heavy atom. The van der Waals surface area contributed by atoms with Gasteiger partial charge in [0.25, 0.3) is 0 Å². The zero-order valence-electron chi connectivity index (χ0n) is 10.1. The lowest BCUT2D eigenvalue weighted by Crippen LogP contribution is -2.42. The van der Waals surface area contributed by atoms with E-state index in [-0.39, 0.29) is 0 Å². The molecule has 0 spiro atoms. The molecule has 1 aromatic rings. The maximum atomic E-state index is 12.2. The van der Waals surface area contributed by atoms with E-state index >= 15 is 0 Å². The zero-order valence-corrected chi connectivity index (χ0v) is 12.7. The highest BCUT2D eigenvalue weighted by atomic mass is 32.5. The van der Waals surface area contributed by atoms with Gasteiger partial charge in [-0.3, -0.25) is 15.7 Å². The van der Waals surface area contributed by atoms with Crippen molar-refractivity contribution in [2.24, 2.45) is 11.0 Å². The Balaban J connectivity index is 3.09. The summed E-state index contributed by atoms with van der Waals surface area (Å²) >= 11 is 4.92. The number of hydrogen-bond donors (Lipinski definition) is 3. The Labute approximate surface area is 113 Å². The van der Waals surface area contributed by atoms with E-state index in [0.717, 1.165) is 4.08 Å². The molecule has 0 aromatic heterocycles. The van der Waals surface area contributed by atoms with E-state index in [4.69, 9.17) is 22.8 Å². The standard InChI is InChI=1S/C9H17N4O2PS2/c1-8(2)13(16(10,11)17)18(14,15)12-9-6-4-3-5-7-9/h3-8,12H,1-2H3,(H4,10,11,17). The molecule has 0 aliphatic carbocycles. The fraction of sp³-hybridized carbons (Fsp3) is 0.333. The molecule has 0 unspecified atom stereocenters. The van der Waals surface area contributed by atoms with Crippen LogP contribution >= 0.6 is 6.49 Å². The molecular formula is C9H17N4O2PS2. The molecule has 0 heterocycles. The van der Waals surface area contributed by atoms with Crippen molar-refractivity contribution in [1.82, 2.24) is 4.08 Å². The zero-order chi connectivity index (χ0) is 14.0. The van der Waals surface area contributed by atoms with Crippen LogP contribution in [0.3, 0.4) is 0 Å². The first-order valence-corrected chi connectivity index (χ1v) is 9.53. The SMILES string of the molecule is CC(C)N(P(N)(N)=S)S(=O)(=O)Nc1ccccc1. The van der Waals surface area contributed by atoms with Crippen LogP contribution in [0.2, 0.25) is 0 Å². The van der Waals surface area contributed by atoms with Crippen LogP contribution in [0.5, 0.6) is 0 Å². The Morgan fingerprint density at radius 3 is 2.17 bits per heavy atom. The third kappa shape index (κ3) is 4.01. The molecule has 102 valence electrons. The Morgan fingerprint density at radius 1 is 1.28 bits per heavy atom. The van der Waals surface area contributed by atoms with Crippen molar-refractivity contribution in [3.05, 3.63) is 30.3 Å². The molecule has 0 aliphatic heterocycles. The smallest absolute Gasteiger partial charge is 0.279 e. The Hall–Kier alpha value is -0.500. The molecule has 0 bridgehead atoms. The summed E-state index contributed by atoms with van der Waals surface area (Å²) in [6.07, 6.45) is 0. The first kappa shape index (κ1) is 15.6. The van der Waals surface area contributed by atoms with Gasteiger partial charge in [-0.2, -0.15) is 8.42 Å². The highest BCUT2D eigenvalue weighted by molar-refractivity contribution is 8.15. The van der Waals surface area contributed by atoms with Crippen LogP contribution in [0.4, 0.5) is 5.69 Å². The second-order valence-corrected chi connectivity index (χ2v) is 9.36. The van der Waals surface area contributed by atoms with Gasteiger partial charge in [0.1, 0.15) is 6.49 Å². The van der Waals surface area contributed by atoms with Crippen molar-refractivity contribution in [3.8, 4) is 0 Å². The molecule has 0 atom stereocenters. The maximum absolute atomic E-state index is 12.2. The van der Waals surface area contributed by atoms with Gasteiger partial charge in [0, 0.05) is 11.7 Å². The monoisotopic (exact) mass is 308 g/mol. The van der Waals surface area contributed by atoms with Gasteiger partial charge in [-0.05, 0) is 37.8 Å². The number of hydrogen-bond acceptors (Lipinski definition) is 3. The summed E-state index contributed by atoms with van der Waals surface area (Å²) in [6.45, 7) is 0.269. The summed E-state index contributed by atoms with van der Waals surface area (Å²) in [5, 5.41) is 0. The normalized spacial score (nSPS) is 13.0. The number of nitrogens with one attached hydrogen (secondary N) is 1. The predicted octanol–water partition coefficient (Wildman–Crippen LogP) is 1.20. The molecule has 0 saturated carbocycles. The number of nitrogens with zero attached hydrogens (tertiary/aromatic N) is 1. The molecule has 0 amide bonds. The number of benzene rings is 1. The second-order valence-electron chi connectivity index (χ2n) is 4.01. The van der Waals surface area contributed by atoms with Crippen molar-refractivity contribution in [2.75, 3.05) is 4.72 Å². The summed E-state index contributed by atoms with van der Waals surface area (Å²) in [5.74, 6) is 0. The van der Waals surface area contributed by atoms with Crippen LogP contribution in [-0.4, -0.2) is 18.5 Å². The summed E-state index contributed by atoms with van der Waals surface area (Å²) in [7, 11) is -3.85. The average molecular weight is 308 g/mol. The van der Waals surface area contributed by atoms with Crippen molar-refractivity contribution in [1.29, 1.82) is 0 Å².